The van der Waals surface area contributed by atoms with Crippen molar-refractivity contribution >= 4 is 5.71 Å². The standard InChI is InChI=1S/C14H14F3N3O2/c1-8-18-10(7-13(20-19-8)14(15,16)17)9-4-5-11(21-2)12(6-9)22-3/h6-8,19-20H,1-3H3. The molecule has 1 heterocycles. The number of alkyl halides is 3. The Balaban J connectivity index is 2.51. The van der Waals surface area contributed by atoms with Crippen LogP contribution in [0.4, 0.5) is 13.2 Å². The van der Waals surface area contributed by atoms with Crippen LogP contribution in [-0.2, 0) is 9.47 Å². The molecule has 1 aliphatic carbocycles. The van der Waals surface area contributed by atoms with Crippen LogP contribution in [0, 0.1) is 0 Å². The van der Waals surface area contributed by atoms with Gasteiger partial charge in [0, 0.05) is 6.08 Å². The number of nitrogens with zero attached hydrogens (tertiary/aromatic N) is 1. The zero-order valence-corrected chi connectivity index (χ0v) is 12.1. The minimum Gasteiger partial charge on any atom is -0.492 e. The van der Waals surface area contributed by atoms with E-state index in [0.29, 0.717) is 17.1 Å². The fourth-order valence-electron chi connectivity index (χ4n) is 1.79. The van der Waals surface area contributed by atoms with Gasteiger partial charge in [0.1, 0.15) is 11.9 Å². The molecule has 118 valence electrons. The molecule has 2 aliphatic rings. The lowest BCUT2D eigenvalue weighted by Gasteiger charge is -2.14. The second kappa shape index (κ2) is 6.15. The van der Waals surface area contributed by atoms with E-state index in [0.717, 1.165) is 6.08 Å². The van der Waals surface area contributed by atoms with Crippen molar-refractivity contribution < 1.29 is 22.6 Å². The molecule has 5 nitrogen and oxygen atoms in total. The minimum atomic E-state index is -4.53. The number of allylic oxidation sites excluding steroid dienone is 4. The van der Waals surface area contributed by atoms with Gasteiger partial charge < -0.3 is 14.9 Å². The third kappa shape index (κ3) is 3.43. The number of halogens is 3. The lowest BCUT2D eigenvalue weighted by Crippen LogP contribution is -2.40. The fraction of sp³-hybridized carbons (Fsp3) is 0.357. The van der Waals surface area contributed by atoms with E-state index in [1.54, 1.807) is 6.92 Å². The maximum Gasteiger partial charge on any atom is 0.432 e. The Morgan fingerprint density at radius 3 is 2.50 bits per heavy atom. The summed E-state index contributed by atoms with van der Waals surface area (Å²) in [7, 11) is 2.86. The summed E-state index contributed by atoms with van der Waals surface area (Å²) in [6, 6.07) is 0. The second-order valence-corrected chi connectivity index (χ2v) is 4.43. The van der Waals surface area contributed by atoms with Gasteiger partial charge in [0.25, 0.3) is 0 Å². The molecule has 22 heavy (non-hydrogen) atoms. The van der Waals surface area contributed by atoms with Gasteiger partial charge in [0.2, 0.25) is 5.76 Å². The van der Waals surface area contributed by atoms with Crippen molar-refractivity contribution in [2.45, 2.75) is 19.3 Å². The number of methoxy groups -OCH3 is 2. The van der Waals surface area contributed by atoms with Gasteiger partial charge in [-0.1, -0.05) is 5.73 Å². The predicted octanol–water partition coefficient (Wildman–Crippen LogP) is 2.08. The third-order valence-corrected chi connectivity index (χ3v) is 2.84. The minimum absolute atomic E-state index is 0.106. The van der Waals surface area contributed by atoms with Crippen LogP contribution in [0.2, 0.25) is 0 Å². The molecule has 0 saturated carbocycles. The lowest BCUT2D eigenvalue weighted by atomic mass is 10.1. The average Bonchev–Trinajstić information content (AvgIpc) is 2.68. The van der Waals surface area contributed by atoms with E-state index in [9.17, 15) is 13.2 Å². The molecule has 1 atom stereocenters. The van der Waals surface area contributed by atoms with Crippen molar-refractivity contribution in [2.75, 3.05) is 14.2 Å². The zero-order valence-electron chi connectivity index (χ0n) is 12.1. The van der Waals surface area contributed by atoms with Crippen LogP contribution in [0.15, 0.2) is 51.4 Å². The van der Waals surface area contributed by atoms with Crippen molar-refractivity contribution in [1.82, 2.24) is 10.9 Å². The van der Waals surface area contributed by atoms with E-state index in [2.05, 4.69) is 27.3 Å². The summed E-state index contributed by atoms with van der Waals surface area (Å²) in [4.78, 5) is 4.16. The fourth-order valence-corrected chi connectivity index (χ4v) is 1.79. The van der Waals surface area contributed by atoms with Crippen molar-refractivity contribution in [1.29, 1.82) is 0 Å². The van der Waals surface area contributed by atoms with E-state index in [1.165, 1.54) is 20.3 Å². The summed E-state index contributed by atoms with van der Waals surface area (Å²) in [5.41, 5.74) is 9.45. The highest BCUT2D eigenvalue weighted by atomic mass is 19.4. The lowest BCUT2D eigenvalue weighted by molar-refractivity contribution is -0.0980. The predicted molar refractivity (Wildman–Crippen MR) is 73.5 cm³/mol. The molecule has 2 rings (SSSR count). The first-order valence-corrected chi connectivity index (χ1v) is 6.29. The molecule has 0 spiro atoms. The van der Waals surface area contributed by atoms with Crippen molar-refractivity contribution in [3.63, 3.8) is 0 Å². The summed E-state index contributed by atoms with van der Waals surface area (Å²) in [5, 5.41) is 0. The van der Waals surface area contributed by atoms with Gasteiger partial charge in [-0.15, -0.1) is 0 Å². The average molecular weight is 313 g/mol. The Morgan fingerprint density at radius 1 is 1.18 bits per heavy atom. The third-order valence-electron chi connectivity index (χ3n) is 2.84. The zero-order chi connectivity index (χ0) is 16.3. The number of hydrazine groups is 1. The second-order valence-electron chi connectivity index (χ2n) is 4.43. The van der Waals surface area contributed by atoms with Gasteiger partial charge in [-0.25, -0.2) is 5.43 Å². The molecule has 0 bridgehead atoms. The molecular weight excluding hydrogens is 299 g/mol. The van der Waals surface area contributed by atoms with Crippen LogP contribution in [0.25, 0.3) is 0 Å². The molecule has 0 aromatic rings. The van der Waals surface area contributed by atoms with Crippen LogP contribution in [0.5, 0.6) is 0 Å². The van der Waals surface area contributed by atoms with E-state index < -0.39 is 18.0 Å². The topological polar surface area (TPSA) is 54.9 Å². The molecule has 0 aromatic heterocycles. The number of aliphatic imine (C=N–C) groups is 1. The maximum atomic E-state index is 12.9. The highest BCUT2D eigenvalue weighted by molar-refractivity contribution is 6.11. The SMILES string of the molecule is COC1=C=C=C(C2=NC(C)NNC(C(F)(F)F)=C2)C=C1OC. The van der Waals surface area contributed by atoms with Crippen molar-refractivity contribution in [3.05, 3.63) is 46.4 Å². The summed E-state index contributed by atoms with van der Waals surface area (Å²) in [5.74, 6) is 0.642. The van der Waals surface area contributed by atoms with E-state index in [1.807, 2.05) is 0 Å². The molecule has 0 fully saturated rings. The smallest absolute Gasteiger partial charge is 0.432 e. The Kier molecular flexibility index (Phi) is 4.47. The highest BCUT2D eigenvalue weighted by Gasteiger charge is 2.35. The van der Waals surface area contributed by atoms with Gasteiger partial charge in [0.05, 0.1) is 25.5 Å². The molecule has 0 radical (unpaired) electrons. The van der Waals surface area contributed by atoms with E-state index in [4.69, 9.17) is 9.47 Å². The first-order chi connectivity index (χ1) is 10.3. The van der Waals surface area contributed by atoms with Crippen LogP contribution < -0.4 is 10.9 Å². The molecular formula is C14H14F3N3O2. The number of rotatable bonds is 3. The van der Waals surface area contributed by atoms with Crippen LogP contribution in [0.3, 0.4) is 0 Å². The first kappa shape index (κ1) is 16.0. The van der Waals surface area contributed by atoms with Gasteiger partial charge in [-0.2, -0.15) is 13.2 Å². The number of hydrogen-bond donors (Lipinski definition) is 2. The van der Waals surface area contributed by atoms with Crippen LogP contribution in [0.1, 0.15) is 6.92 Å². The maximum absolute atomic E-state index is 12.9. The summed E-state index contributed by atoms with van der Waals surface area (Å²) < 4.78 is 48.9. The summed E-state index contributed by atoms with van der Waals surface area (Å²) >= 11 is 0. The number of ether oxygens (including phenoxy) is 2. The molecule has 0 saturated heterocycles. The monoisotopic (exact) mass is 313 g/mol. The van der Waals surface area contributed by atoms with Crippen molar-refractivity contribution in [2.24, 2.45) is 4.99 Å². The van der Waals surface area contributed by atoms with E-state index >= 15 is 0 Å². The van der Waals surface area contributed by atoms with Crippen molar-refractivity contribution in [3.8, 4) is 0 Å². The van der Waals surface area contributed by atoms with Gasteiger partial charge >= 0.3 is 6.18 Å². The van der Waals surface area contributed by atoms with E-state index in [-0.39, 0.29) is 5.71 Å². The Labute approximate surface area is 125 Å². The van der Waals surface area contributed by atoms with Gasteiger partial charge in [-0.3, -0.25) is 4.99 Å². The number of hydrogen-bond acceptors (Lipinski definition) is 5. The van der Waals surface area contributed by atoms with Crippen LogP contribution >= 0.6 is 0 Å². The van der Waals surface area contributed by atoms with Gasteiger partial charge in [0.15, 0.2) is 5.76 Å². The largest absolute Gasteiger partial charge is 0.492 e. The first-order valence-electron chi connectivity index (χ1n) is 6.29. The molecule has 0 aromatic carbocycles. The molecule has 1 aliphatic heterocycles. The Hall–Kier alpha value is -2.40. The normalized spacial score (nSPS) is 21.5. The highest BCUT2D eigenvalue weighted by Crippen LogP contribution is 2.25. The Bertz CT molecular complexity index is 661. The number of nitrogens with one attached hydrogen (secondary N) is 2. The molecule has 0 amide bonds. The molecule has 2 N–H and O–H groups in total. The molecule has 1 unspecified atom stereocenters. The summed E-state index contributed by atoms with van der Waals surface area (Å²) in [6.45, 7) is 1.62. The van der Waals surface area contributed by atoms with Gasteiger partial charge in [-0.05, 0) is 18.7 Å². The molecule has 8 heteroatoms. The Morgan fingerprint density at radius 2 is 1.91 bits per heavy atom. The quantitative estimate of drug-likeness (QED) is 0.783. The summed E-state index contributed by atoms with van der Waals surface area (Å²) in [6.07, 6.45) is -2.69. The van der Waals surface area contributed by atoms with Crippen LogP contribution in [-0.4, -0.2) is 32.3 Å².